The quantitative estimate of drug-likeness (QED) is 0.523. The van der Waals surface area contributed by atoms with Crippen LogP contribution in [0.4, 0.5) is 0 Å². The van der Waals surface area contributed by atoms with E-state index in [4.69, 9.17) is 11.5 Å². The Bertz CT molecular complexity index is 156. The van der Waals surface area contributed by atoms with Crippen molar-refractivity contribution >= 4 is 6.21 Å². The zero-order valence-electron chi connectivity index (χ0n) is 5.46. The summed E-state index contributed by atoms with van der Waals surface area (Å²) in [4.78, 5) is 3.80. The summed E-state index contributed by atoms with van der Waals surface area (Å²) in [5.74, 6) is 0. The van der Waals surface area contributed by atoms with Gasteiger partial charge in [-0.3, -0.25) is 4.99 Å². The van der Waals surface area contributed by atoms with Gasteiger partial charge in [-0.05, 0) is 6.92 Å². The molecule has 0 aliphatic rings. The van der Waals surface area contributed by atoms with Gasteiger partial charge in [-0.1, -0.05) is 6.58 Å². The Morgan fingerprint density at radius 2 is 2.22 bits per heavy atom. The van der Waals surface area contributed by atoms with E-state index in [1.54, 1.807) is 6.92 Å². The Balaban J connectivity index is 3.86. The number of allylic oxidation sites excluding steroid dienone is 2. The number of rotatable bonds is 2. The number of nitrogens with zero attached hydrogens (tertiary/aromatic N) is 1. The zero-order valence-corrected chi connectivity index (χ0v) is 5.46. The molecule has 50 valence electrons. The van der Waals surface area contributed by atoms with E-state index in [1.807, 2.05) is 0 Å². The smallest absolute Gasteiger partial charge is 0.0657 e. The summed E-state index contributed by atoms with van der Waals surface area (Å²) in [5, 5.41) is 0. The highest BCUT2D eigenvalue weighted by molar-refractivity contribution is 5.77. The van der Waals surface area contributed by atoms with E-state index in [9.17, 15) is 0 Å². The molecule has 3 nitrogen and oxygen atoms in total. The first-order valence-electron chi connectivity index (χ1n) is 2.53. The molecule has 0 rings (SSSR count). The van der Waals surface area contributed by atoms with Gasteiger partial charge in [-0.25, -0.2) is 0 Å². The van der Waals surface area contributed by atoms with Crippen molar-refractivity contribution in [3.05, 3.63) is 24.2 Å². The monoisotopic (exact) mass is 125 g/mol. The fourth-order valence-electron chi connectivity index (χ4n) is 0.228. The summed E-state index contributed by atoms with van der Waals surface area (Å²) in [6, 6.07) is 0. The first-order chi connectivity index (χ1) is 4.16. The predicted molar refractivity (Wildman–Crippen MR) is 39.8 cm³/mol. The minimum Gasteiger partial charge on any atom is -0.403 e. The molecule has 9 heavy (non-hydrogen) atoms. The first-order valence-corrected chi connectivity index (χ1v) is 2.53. The van der Waals surface area contributed by atoms with E-state index in [-0.39, 0.29) is 0 Å². The minimum atomic E-state index is 0.443. The summed E-state index contributed by atoms with van der Waals surface area (Å²) in [5.41, 5.74) is 11.5. The van der Waals surface area contributed by atoms with Crippen LogP contribution < -0.4 is 11.5 Å². The maximum atomic E-state index is 5.27. The van der Waals surface area contributed by atoms with Crippen molar-refractivity contribution in [3.8, 4) is 0 Å². The van der Waals surface area contributed by atoms with Gasteiger partial charge in [-0.2, -0.15) is 0 Å². The highest BCUT2D eigenvalue weighted by Crippen LogP contribution is 1.86. The summed E-state index contributed by atoms with van der Waals surface area (Å²) >= 11 is 0. The fourth-order valence-corrected chi connectivity index (χ4v) is 0.228. The number of hydrogen-bond donors (Lipinski definition) is 2. The molecule has 0 atom stereocenters. The Kier molecular flexibility index (Phi) is 3.20. The molecule has 4 N–H and O–H groups in total. The second kappa shape index (κ2) is 3.72. The van der Waals surface area contributed by atoms with Crippen molar-refractivity contribution in [3.63, 3.8) is 0 Å². The van der Waals surface area contributed by atoms with E-state index in [0.717, 1.165) is 0 Å². The molecule has 0 aliphatic heterocycles. The van der Waals surface area contributed by atoms with Crippen LogP contribution >= 0.6 is 0 Å². The molecule has 0 aromatic carbocycles. The van der Waals surface area contributed by atoms with Gasteiger partial charge >= 0.3 is 0 Å². The molecule has 0 unspecified atom stereocenters. The van der Waals surface area contributed by atoms with Gasteiger partial charge in [0.05, 0.1) is 11.9 Å². The van der Waals surface area contributed by atoms with Crippen LogP contribution in [-0.4, -0.2) is 6.21 Å². The lowest BCUT2D eigenvalue weighted by atomic mass is 10.5. The van der Waals surface area contributed by atoms with Gasteiger partial charge < -0.3 is 11.5 Å². The molecule has 0 amide bonds. The predicted octanol–water partition coefficient (Wildman–Crippen LogP) is 0.350. The molecular formula is C6H11N3. The first kappa shape index (κ1) is 7.75. The van der Waals surface area contributed by atoms with Crippen molar-refractivity contribution in [2.75, 3.05) is 0 Å². The Labute approximate surface area is 54.8 Å². The highest BCUT2D eigenvalue weighted by atomic mass is 14.8. The number of nitrogens with two attached hydrogens (primary N) is 2. The van der Waals surface area contributed by atoms with Gasteiger partial charge in [0.2, 0.25) is 0 Å². The van der Waals surface area contributed by atoms with Gasteiger partial charge in [0.25, 0.3) is 0 Å². The average Bonchev–Trinajstić information content (AvgIpc) is 1.83. The largest absolute Gasteiger partial charge is 0.403 e. The Hall–Kier alpha value is -1.25. The molecule has 0 fully saturated rings. The Morgan fingerprint density at radius 3 is 2.56 bits per heavy atom. The van der Waals surface area contributed by atoms with Gasteiger partial charge in [0.15, 0.2) is 0 Å². The van der Waals surface area contributed by atoms with E-state index >= 15 is 0 Å². The third-order valence-electron chi connectivity index (χ3n) is 0.626. The van der Waals surface area contributed by atoms with E-state index < -0.39 is 0 Å². The van der Waals surface area contributed by atoms with Crippen molar-refractivity contribution in [2.45, 2.75) is 6.92 Å². The molecular weight excluding hydrogens is 114 g/mol. The van der Waals surface area contributed by atoms with E-state index in [2.05, 4.69) is 11.6 Å². The van der Waals surface area contributed by atoms with Gasteiger partial charge in [-0.15, -0.1) is 0 Å². The van der Waals surface area contributed by atoms with Crippen LogP contribution in [0.1, 0.15) is 6.92 Å². The normalized spacial score (nSPS) is 12.3. The lowest BCUT2D eigenvalue weighted by molar-refractivity contribution is 1.32. The van der Waals surface area contributed by atoms with Crippen LogP contribution in [0.3, 0.4) is 0 Å². The second-order valence-electron chi connectivity index (χ2n) is 1.66. The van der Waals surface area contributed by atoms with Crippen LogP contribution in [0, 0.1) is 0 Å². The van der Waals surface area contributed by atoms with Crippen LogP contribution in [0.5, 0.6) is 0 Å². The maximum absolute atomic E-state index is 5.27. The van der Waals surface area contributed by atoms with Crippen molar-refractivity contribution in [2.24, 2.45) is 16.5 Å². The van der Waals surface area contributed by atoms with E-state index in [1.165, 1.54) is 12.4 Å². The molecule has 0 saturated heterocycles. The molecule has 0 radical (unpaired) electrons. The lowest BCUT2D eigenvalue weighted by Crippen LogP contribution is -2.01. The molecule has 3 heteroatoms. The van der Waals surface area contributed by atoms with Gasteiger partial charge in [0, 0.05) is 11.9 Å². The van der Waals surface area contributed by atoms with Crippen LogP contribution in [0.15, 0.2) is 29.2 Å². The second-order valence-corrected chi connectivity index (χ2v) is 1.66. The van der Waals surface area contributed by atoms with Crippen LogP contribution in [0.2, 0.25) is 0 Å². The topological polar surface area (TPSA) is 64.4 Å². The summed E-state index contributed by atoms with van der Waals surface area (Å²) in [6.07, 6.45) is 2.74. The molecule has 0 spiro atoms. The highest BCUT2D eigenvalue weighted by Gasteiger charge is 1.77. The summed E-state index contributed by atoms with van der Waals surface area (Å²) in [7, 11) is 0. The average molecular weight is 125 g/mol. The fraction of sp³-hybridized carbons (Fsp3) is 0.167. The number of aliphatic imine (C=N–C) groups is 1. The standard InChI is InChI=1S/C6H11N3/c1-5(2)9-4-6(8)3-7/h3-4H,1,7-8H2,2H3/b6-3+,9-4-. The SMILES string of the molecule is C=C(C)/N=C\C(N)=C/N. The van der Waals surface area contributed by atoms with Crippen molar-refractivity contribution in [1.82, 2.24) is 0 Å². The third-order valence-corrected chi connectivity index (χ3v) is 0.626. The third kappa shape index (κ3) is 4.61. The summed E-state index contributed by atoms with van der Waals surface area (Å²) in [6.45, 7) is 5.32. The number of hydrogen-bond acceptors (Lipinski definition) is 3. The molecule has 0 aromatic rings. The Morgan fingerprint density at radius 1 is 1.67 bits per heavy atom. The van der Waals surface area contributed by atoms with E-state index in [0.29, 0.717) is 11.4 Å². The van der Waals surface area contributed by atoms with Crippen LogP contribution in [0.25, 0.3) is 0 Å². The molecule has 0 saturated carbocycles. The van der Waals surface area contributed by atoms with Crippen molar-refractivity contribution < 1.29 is 0 Å². The molecule has 0 aliphatic carbocycles. The molecule has 0 aromatic heterocycles. The van der Waals surface area contributed by atoms with Gasteiger partial charge in [0.1, 0.15) is 0 Å². The molecule has 0 bridgehead atoms. The van der Waals surface area contributed by atoms with Crippen molar-refractivity contribution in [1.29, 1.82) is 0 Å². The molecule has 0 heterocycles. The lowest BCUT2D eigenvalue weighted by Gasteiger charge is -1.87. The van der Waals surface area contributed by atoms with Crippen LogP contribution in [-0.2, 0) is 0 Å². The minimum absolute atomic E-state index is 0.443. The zero-order chi connectivity index (χ0) is 7.28. The summed E-state index contributed by atoms with van der Waals surface area (Å²) < 4.78 is 0. The maximum Gasteiger partial charge on any atom is 0.0657 e.